The Kier molecular flexibility index (Phi) is 5.95. The van der Waals surface area contributed by atoms with E-state index >= 15 is 0 Å². The maximum Gasteiger partial charge on any atom is 0.0701 e. The molecular formula is C15H18BrNS2. The van der Waals surface area contributed by atoms with Crippen molar-refractivity contribution in [1.29, 1.82) is 0 Å². The molecule has 2 aromatic rings. The van der Waals surface area contributed by atoms with E-state index in [1.807, 2.05) is 23.1 Å². The van der Waals surface area contributed by atoms with Crippen LogP contribution in [0.15, 0.2) is 45.1 Å². The highest BCUT2D eigenvalue weighted by Gasteiger charge is 2.15. The number of likely N-dealkylation sites (N-methyl/N-ethyl adjacent to an activating group) is 1. The molecule has 0 bridgehead atoms. The number of halogens is 1. The molecule has 0 aliphatic heterocycles. The highest BCUT2D eigenvalue weighted by atomic mass is 79.9. The molecule has 1 nitrogen and oxygen atoms in total. The van der Waals surface area contributed by atoms with Crippen LogP contribution in [0.3, 0.4) is 0 Å². The summed E-state index contributed by atoms with van der Waals surface area (Å²) in [5.41, 5.74) is 1.40. The minimum absolute atomic E-state index is 0.388. The third-order valence-corrected chi connectivity index (χ3v) is 5.46. The van der Waals surface area contributed by atoms with E-state index in [0.29, 0.717) is 6.04 Å². The maximum atomic E-state index is 3.61. The Morgan fingerprint density at radius 2 is 2.05 bits per heavy atom. The lowest BCUT2D eigenvalue weighted by Gasteiger charge is -2.20. The summed E-state index contributed by atoms with van der Waals surface area (Å²) in [5.74, 6) is 0. The van der Waals surface area contributed by atoms with Crippen LogP contribution >= 0.6 is 39.0 Å². The largest absolute Gasteiger partial charge is 0.310 e. The lowest BCUT2D eigenvalue weighted by molar-refractivity contribution is 0.546. The fourth-order valence-electron chi connectivity index (χ4n) is 2.16. The number of hydrogen-bond donors (Lipinski definition) is 1. The summed E-state index contributed by atoms with van der Waals surface area (Å²) in [5, 5.41) is 3.61. The lowest BCUT2D eigenvalue weighted by Crippen LogP contribution is -2.23. The van der Waals surface area contributed by atoms with Crippen molar-refractivity contribution in [3.05, 3.63) is 50.6 Å². The van der Waals surface area contributed by atoms with Crippen LogP contribution < -0.4 is 5.32 Å². The first-order valence-electron chi connectivity index (χ1n) is 6.35. The molecule has 0 fully saturated rings. The second-order valence-corrected chi connectivity index (χ2v) is 7.66. The molecule has 1 unspecified atom stereocenters. The van der Waals surface area contributed by atoms with E-state index in [1.165, 1.54) is 19.1 Å². The Morgan fingerprint density at radius 1 is 1.26 bits per heavy atom. The fourth-order valence-corrected chi connectivity index (χ4v) is 4.34. The molecule has 0 amide bonds. The van der Waals surface area contributed by atoms with Crippen LogP contribution in [0.5, 0.6) is 0 Å². The van der Waals surface area contributed by atoms with E-state index in [4.69, 9.17) is 0 Å². The van der Waals surface area contributed by atoms with Gasteiger partial charge in [-0.1, -0.05) is 25.1 Å². The van der Waals surface area contributed by atoms with Gasteiger partial charge in [0.2, 0.25) is 0 Å². The van der Waals surface area contributed by atoms with Gasteiger partial charge in [-0.05, 0) is 52.5 Å². The van der Waals surface area contributed by atoms with Gasteiger partial charge in [0.15, 0.2) is 0 Å². The van der Waals surface area contributed by atoms with E-state index in [-0.39, 0.29) is 0 Å². The molecule has 19 heavy (non-hydrogen) atoms. The Bertz CT molecular complexity index is 524. The molecule has 1 aromatic carbocycles. The summed E-state index contributed by atoms with van der Waals surface area (Å²) in [4.78, 5) is 2.78. The van der Waals surface area contributed by atoms with Gasteiger partial charge >= 0.3 is 0 Å². The third-order valence-electron chi connectivity index (χ3n) is 3.00. The van der Waals surface area contributed by atoms with Gasteiger partial charge in [0.05, 0.1) is 3.79 Å². The van der Waals surface area contributed by atoms with Gasteiger partial charge in [-0.2, -0.15) is 0 Å². The summed E-state index contributed by atoms with van der Waals surface area (Å²) in [6.07, 6.45) is 3.19. The van der Waals surface area contributed by atoms with Crippen LogP contribution in [-0.2, 0) is 6.42 Å². The first-order chi connectivity index (χ1) is 9.24. The average Bonchev–Trinajstić information content (AvgIpc) is 2.84. The molecule has 2 rings (SSSR count). The third kappa shape index (κ3) is 4.09. The highest BCUT2D eigenvalue weighted by molar-refractivity contribution is 9.11. The number of hydrogen-bond acceptors (Lipinski definition) is 3. The molecule has 1 aromatic heterocycles. The minimum Gasteiger partial charge on any atom is -0.310 e. The Morgan fingerprint density at radius 3 is 2.68 bits per heavy atom. The first-order valence-corrected chi connectivity index (χ1v) is 9.18. The summed E-state index contributed by atoms with van der Waals surface area (Å²) >= 11 is 7.18. The molecule has 0 saturated heterocycles. The molecule has 1 N–H and O–H groups in total. The van der Waals surface area contributed by atoms with Gasteiger partial charge < -0.3 is 5.32 Å². The van der Waals surface area contributed by atoms with Crippen molar-refractivity contribution in [1.82, 2.24) is 5.32 Å². The second-order valence-electron chi connectivity index (χ2n) is 4.26. The van der Waals surface area contributed by atoms with Gasteiger partial charge in [0, 0.05) is 22.2 Å². The van der Waals surface area contributed by atoms with Gasteiger partial charge in [-0.15, -0.1) is 23.1 Å². The SMILES string of the molecule is CCNC(Cc1ccc(Br)s1)c1ccccc1SC. The van der Waals surface area contributed by atoms with Crippen molar-refractivity contribution in [2.75, 3.05) is 12.8 Å². The summed E-state index contributed by atoms with van der Waals surface area (Å²) in [6, 6.07) is 13.4. The number of nitrogens with one attached hydrogen (secondary N) is 1. The smallest absolute Gasteiger partial charge is 0.0701 e. The molecule has 1 atom stereocenters. The van der Waals surface area contributed by atoms with Crippen LogP contribution in [0.2, 0.25) is 0 Å². The highest BCUT2D eigenvalue weighted by Crippen LogP contribution is 2.31. The van der Waals surface area contributed by atoms with Crippen molar-refractivity contribution in [3.63, 3.8) is 0 Å². The van der Waals surface area contributed by atoms with E-state index in [2.05, 4.69) is 70.8 Å². The Labute approximate surface area is 131 Å². The topological polar surface area (TPSA) is 12.0 Å². The zero-order chi connectivity index (χ0) is 13.7. The number of rotatable bonds is 6. The number of thiophene rings is 1. The van der Waals surface area contributed by atoms with Crippen molar-refractivity contribution < 1.29 is 0 Å². The first kappa shape index (κ1) is 15.1. The summed E-state index contributed by atoms with van der Waals surface area (Å²) < 4.78 is 1.20. The van der Waals surface area contributed by atoms with E-state index < -0.39 is 0 Å². The average molecular weight is 356 g/mol. The monoisotopic (exact) mass is 355 g/mol. The summed E-state index contributed by atoms with van der Waals surface area (Å²) in [7, 11) is 0. The van der Waals surface area contributed by atoms with Crippen LogP contribution in [0.4, 0.5) is 0 Å². The Hall–Kier alpha value is -0.290. The molecule has 102 valence electrons. The minimum atomic E-state index is 0.388. The molecule has 0 radical (unpaired) electrons. The maximum absolute atomic E-state index is 3.61. The van der Waals surface area contributed by atoms with Crippen molar-refractivity contribution in [2.24, 2.45) is 0 Å². The molecule has 0 aliphatic rings. The number of thioether (sulfide) groups is 1. The molecular weight excluding hydrogens is 338 g/mol. The van der Waals surface area contributed by atoms with Gasteiger partial charge in [0.1, 0.15) is 0 Å². The van der Waals surface area contributed by atoms with E-state index in [9.17, 15) is 0 Å². The predicted octanol–water partition coefficient (Wildman–Crippen LogP) is 5.13. The predicted molar refractivity (Wildman–Crippen MR) is 90.4 cm³/mol. The lowest BCUT2D eigenvalue weighted by atomic mass is 10.0. The van der Waals surface area contributed by atoms with E-state index in [1.54, 1.807) is 0 Å². The van der Waals surface area contributed by atoms with Crippen molar-refractivity contribution in [2.45, 2.75) is 24.3 Å². The van der Waals surface area contributed by atoms with Gasteiger partial charge in [-0.3, -0.25) is 0 Å². The van der Waals surface area contributed by atoms with Crippen molar-refractivity contribution >= 4 is 39.0 Å². The van der Waals surface area contributed by atoms with Crippen LogP contribution in [0.25, 0.3) is 0 Å². The zero-order valence-electron chi connectivity index (χ0n) is 11.2. The standard InChI is InChI=1S/C15H18BrNS2/c1-3-17-13(10-11-8-9-15(16)19-11)12-6-4-5-7-14(12)18-2/h4-9,13,17H,3,10H2,1-2H3. The molecule has 0 saturated carbocycles. The number of benzene rings is 1. The zero-order valence-corrected chi connectivity index (χ0v) is 14.4. The van der Waals surface area contributed by atoms with Crippen molar-refractivity contribution in [3.8, 4) is 0 Å². The van der Waals surface area contributed by atoms with Crippen LogP contribution in [0, 0.1) is 0 Å². The molecule has 0 spiro atoms. The van der Waals surface area contributed by atoms with Gasteiger partial charge in [-0.25, -0.2) is 0 Å². The molecule has 0 aliphatic carbocycles. The van der Waals surface area contributed by atoms with Gasteiger partial charge in [0.25, 0.3) is 0 Å². The summed E-state index contributed by atoms with van der Waals surface area (Å²) in [6.45, 7) is 3.15. The quantitative estimate of drug-likeness (QED) is 0.721. The van der Waals surface area contributed by atoms with E-state index in [0.717, 1.165) is 13.0 Å². The second kappa shape index (κ2) is 7.48. The van der Waals surface area contributed by atoms with Crippen LogP contribution in [-0.4, -0.2) is 12.8 Å². The normalized spacial score (nSPS) is 12.6. The van der Waals surface area contributed by atoms with Crippen LogP contribution in [0.1, 0.15) is 23.4 Å². The fraction of sp³-hybridized carbons (Fsp3) is 0.333. The molecule has 1 heterocycles. The molecule has 4 heteroatoms. The Balaban J connectivity index is 2.23.